The van der Waals surface area contributed by atoms with Crippen LogP contribution in [0.2, 0.25) is 0 Å². The number of fused-ring (bicyclic) bond motifs is 13. The zero-order valence-corrected chi connectivity index (χ0v) is 32.6. The summed E-state index contributed by atoms with van der Waals surface area (Å²) in [5.74, 6) is 0.917. The van der Waals surface area contributed by atoms with Crippen LogP contribution in [0.25, 0.3) is 93.7 Å². The second kappa shape index (κ2) is 11.4. The molecule has 2 heterocycles. The van der Waals surface area contributed by atoms with Crippen molar-refractivity contribution in [2.75, 3.05) is 0 Å². The number of nitrogens with zero attached hydrogens (tertiary/aromatic N) is 2. The molecule has 0 saturated carbocycles. The van der Waals surface area contributed by atoms with Crippen LogP contribution in [-0.2, 0) is 10.8 Å². The van der Waals surface area contributed by atoms with Crippen LogP contribution in [0.5, 0.6) is 0 Å². The van der Waals surface area contributed by atoms with E-state index >= 15 is 0 Å². The Bertz CT molecular complexity index is 3340. The van der Waals surface area contributed by atoms with Gasteiger partial charge in [-0.15, -0.1) is 0 Å². The lowest BCUT2D eigenvalue weighted by molar-refractivity contribution is 0.660. The molecule has 0 fully saturated rings. The zero-order valence-electron chi connectivity index (χ0n) is 32.6. The Balaban J connectivity index is 0.989. The van der Waals surface area contributed by atoms with Crippen LogP contribution in [0, 0.1) is 0 Å². The Morgan fingerprint density at radius 3 is 1.79 bits per heavy atom. The molecular formula is C55H40N2. The van der Waals surface area contributed by atoms with Gasteiger partial charge < -0.3 is 0 Å². The molecule has 0 radical (unpaired) electrons. The molecule has 2 heteroatoms. The fraction of sp³-hybridized carbons (Fsp3) is 0.109. The van der Waals surface area contributed by atoms with E-state index in [1.165, 1.54) is 93.5 Å². The Labute approximate surface area is 332 Å². The number of hydrogen-bond acceptors (Lipinski definition) is 1. The number of aromatic nitrogens is 2. The molecule has 0 spiro atoms. The van der Waals surface area contributed by atoms with Crippen LogP contribution in [0.1, 0.15) is 49.9 Å². The topological polar surface area (TPSA) is 17.8 Å². The van der Waals surface area contributed by atoms with E-state index in [1.807, 2.05) is 6.20 Å². The fourth-order valence-electron chi connectivity index (χ4n) is 10.5. The summed E-state index contributed by atoms with van der Waals surface area (Å²) in [6, 6.07) is 61.0. The third kappa shape index (κ3) is 4.44. The van der Waals surface area contributed by atoms with Crippen LogP contribution >= 0.6 is 0 Å². The van der Waals surface area contributed by atoms with Crippen molar-refractivity contribution in [1.82, 2.24) is 9.55 Å². The van der Waals surface area contributed by atoms with E-state index in [1.54, 1.807) is 0 Å². The van der Waals surface area contributed by atoms with Crippen LogP contribution in [0.15, 0.2) is 170 Å². The molecule has 0 N–H and O–H groups in total. The molecule has 10 aromatic rings. The summed E-state index contributed by atoms with van der Waals surface area (Å²) in [6.45, 7) is 9.43. The SMILES string of the molecule is CC1(C)c2ccccc2-c2ccc(-c3ccc(-n4c5ccc(-c6ccc7c(c6)C(C)(C)c6ccc8ccccc8c6-7)cc5c5c6ccccc6ccc54)nc3)cc21. The van der Waals surface area contributed by atoms with Crippen LogP contribution < -0.4 is 0 Å². The molecule has 2 aliphatic carbocycles. The van der Waals surface area contributed by atoms with Gasteiger partial charge in [0, 0.05) is 33.4 Å². The molecule has 57 heavy (non-hydrogen) atoms. The minimum Gasteiger partial charge on any atom is -0.294 e. The van der Waals surface area contributed by atoms with Crippen molar-refractivity contribution >= 4 is 43.4 Å². The smallest absolute Gasteiger partial charge is 0.137 e. The van der Waals surface area contributed by atoms with Gasteiger partial charge in [0.1, 0.15) is 5.82 Å². The predicted octanol–water partition coefficient (Wildman–Crippen LogP) is 14.4. The fourth-order valence-corrected chi connectivity index (χ4v) is 10.5. The summed E-state index contributed by atoms with van der Waals surface area (Å²) in [4.78, 5) is 5.19. The number of benzene rings is 8. The highest BCUT2D eigenvalue weighted by atomic mass is 15.1. The van der Waals surface area contributed by atoms with Crippen molar-refractivity contribution in [1.29, 1.82) is 0 Å². The van der Waals surface area contributed by atoms with E-state index in [4.69, 9.17) is 4.98 Å². The average molecular weight is 729 g/mol. The number of pyridine rings is 1. The maximum absolute atomic E-state index is 5.19. The molecule has 2 aromatic heterocycles. The van der Waals surface area contributed by atoms with Gasteiger partial charge in [0.2, 0.25) is 0 Å². The maximum Gasteiger partial charge on any atom is 0.137 e. The summed E-state index contributed by atoms with van der Waals surface area (Å²) in [6.07, 6.45) is 2.05. The lowest BCUT2D eigenvalue weighted by Crippen LogP contribution is -2.15. The van der Waals surface area contributed by atoms with E-state index in [0.717, 1.165) is 22.4 Å². The van der Waals surface area contributed by atoms with E-state index in [9.17, 15) is 0 Å². The zero-order chi connectivity index (χ0) is 38.2. The van der Waals surface area contributed by atoms with Crippen molar-refractivity contribution in [2.45, 2.75) is 38.5 Å². The van der Waals surface area contributed by atoms with Crippen molar-refractivity contribution < 1.29 is 0 Å². The molecule has 2 nitrogen and oxygen atoms in total. The summed E-state index contributed by atoms with van der Waals surface area (Å²) < 4.78 is 2.35. The summed E-state index contributed by atoms with van der Waals surface area (Å²) in [5.41, 5.74) is 17.9. The summed E-state index contributed by atoms with van der Waals surface area (Å²) in [7, 11) is 0. The molecule has 2 aliphatic rings. The second-order valence-corrected chi connectivity index (χ2v) is 17.2. The molecule has 0 amide bonds. The highest BCUT2D eigenvalue weighted by molar-refractivity contribution is 6.22. The third-order valence-corrected chi connectivity index (χ3v) is 13.4. The third-order valence-electron chi connectivity index (χ3n) is 13.4. The molecule has 0 saturated heterocycles. The Hall–Kier alpha value is -6.77. The summed E-state index contributed by atoms with van der Waals surface area (Å²) >= 11 is 0. The molecule has 0 unspecified atom stereocenters. The van der Waals surface area contributed by atoms with Crippen molar-refractivity contribution in [3.63, 3.8) is 0 Å². The Morgan fingerprint density at radius 1 is 0.404 bits per heavy atom. The van der Waals surface area contributed by atoms with Gasteiger partial charge in [-0.1, -0.05) is 149 Å². The molecule has 12 rings (SSSR count). The number of hydrogen-bond donors (Lipinski definition) is 0. The van der Waals surface area contributed by atoms with Crippen LogP contribution in [-0.4, -0.2) is 9.55 Å². The highest BCUT2D eigenvalue weighted by Gasteiger charge is 2.37. The van der Waals surface area contributed by atoms with Gasteiger partial charge in [-0.05, 0) is 125 Å². The van der Waals surface area contributed by atoms with Crippen molar-refractivity contribution in [2.24, 2.45) is 0 Å². The quantitative estimate of drug-likeness (QED) is 0.177. The van der Waals surface area contributed by atoms with E-state index in [0.29, 0.717) is 0 Å². The predicted molar refractivity (Wildman–Crippen MR) is 240 cm³/mol. The van der Waals surface area contributed by atoms with E-state index in [2.05, 4.69) is 196 Å². The molecule has 270 valence electrons. The highest BCUT2D eigenvalue weighted by Crippen LogP contribution is 2.53. The van der Waals surface area contributed by atoms with Gasteiger partial charge in [-0.3, -0.25) is 4.57 Å². The average Bonchev–Trinajstić information content (AvgIpc) is 3.80. The van der Waals surface area contributed by atoms with Gasteiger partial charge in [0.25, 0.3) is 0 Å². The monoisotopic (exact) mass is 728 g/mol. The van der Waals surface area contributed by atoms with E-state index < -0.39 is 0 Å². The van der Waals surface area contributed by atoms with Gasteiger partial charge >= 0.3 is 0 Å². The van der Waals surface area contributed by atoms with Gasteiger partial charge in [0.15, 0.2) is 0 Å². The van der Waals surface area contributed by atoms with Crippen LogP contribution in [0.3, 0.4) is 0 Å². The standard InChI is InChI=1S/C55H40N2/c1-54(2)45-16-10-9-15-41(45)42-23-17-37(31-47(42)54)38-22-28-51(56-32-38)57-49-26-21-35(29-44(49)53-40-14-8-6-12-34(40)20-27-50(53)57)36-18-24-43-48(30-36)55(3,4)46-25-19-33-11-5-7-13-39(33)52(43)46/h5-32H,1-4H3. The Kier molecular flexibility index (Phi) is 6.49. The van der Waals surface area contributed by atoms with Crippen molar-refractivity contribution in [3.05, 3.63) is 192 Å². The Morgan fingerprint density at radius 2 is 0.982 bits per heavy atom. The number of rotatable bonds is 3. The summed E-state index contributed by atoms with van der Waals surface area (Å²) in [5, 5.41) is 7.62. The minimum atomic E-state index is -0.0974. The first-order valence-electron chi connectivity index (χ1n) is 20.1. The molecular weight excluding hydrogens is 689 g/mol. The van der Waals surface area contributed by atoms with Gasteiger partial charge in [-0.2, -0.15) is 0 Å². The first-order chi connectivity index (χ1) is 27.8. The first-order valence-corrected chi connectivity index (χ1v) is 20.1. The normalized spacial score (nSPS) is 14.6. The molecule has 8 aromatic carbocycles. The lowest BCUT2D eigenvalue weighted by Gasteiger charge is -2.22. The molecule has 0 aliphatic heterocycles. The molecule has 0 atom stereocenters. The van der Waals surface area contributed by atoms with Crippen LogP contribution in [0.4, 0.5) is 0 Å². The van der Waals surface area contributed by atoms with Gasteiger partial charge in [-0.25, -0.2) is 4.98 Å². The van der Waals surface area contributed by atoms with E-state index in [-0.39, 0.29) is 10.8 Å². The first kappa shape index (κ1) is 32.5. The van der Waals surface area contributed by atoms with Crippen molar-refractivity contribution in [3.8, 4) is 50.3 Å². The minimum absolute atomic E-state index is 0.0458. The largest absolute Gasteiger partial charge is 0.294 e. The van der Waals surface area contributed by atoms with Gasteiger partial charge in [0.05, 0.1) is 11.0 Å². The lowest BCUT2D eigenvalue weighted by atomic mass is 9.81. The second-order valence-electron chi connectivity index (χ2n) is 17.2. The maximum atomic E-state index is 5.19. The molecule has 0 bridgehead atoms.